The Hall–Kier alpha value is -2.96. The van der Waals surface area contributed by atoms with Gasteiger partial charge in [-0.05, 0) is 49.3 Å². The summed E-state index contributed by atoms with van der Waals surface area (Å²) in [5.41, 5.74) is 16.2. The molecule has 1 aliphatic carbocycles. The first-order chi connectivity index (χ1) is 12.5. The van der Waals surface area contributed by atoms with Gasteiger partial charge in [-0.25, -0.2) is 4.98 Å². The predicted molar refractivity (Wildman–Crippen MR) is 104 cm³/mol. The fraction of sp³-hybridized carbons (Fsp3) is 0.368. The number of hydrogen-bond acceptors (Lipinski definition) is 7. The molecule has 7 heteroatoms. The topological polar surface area (TPSA) is 107 Å². The molecule has 0 spiro atoms. The zero-order chi connectivity index (χ0) is 18.3. The lowest BCUT2D eigenvalue weighted by Crippen LogP contribution is -2.24. The second-order valence-corrected chi connectivity index (χ2v) is 6.90. The molecule has 1 atom stereocenters. The van der Waals surface area contributed by atoms with E-state index in [-0.39, 0.29) is 12.0 Å². The molecule has 0 radical (unpaired) electrons. The van der Waals surface area contributed by atoms with Crippen molar-refractivity contribution in [3.8, 4) is 0 Å². The first-order valence-electron chi connectivity index (χ1n) is 8.93. The summed E-state index contributed by atoms with van der Waals surface area (Å²) in [5.74, 6) is 0.995. The van der Waals surface area contributed by atoms with Crippen molar-refractivity contribution in [3.63, 3.8) is 0 Å². The van der Waals surface area contributed by atoms with Gasteiger partial charge in [0.05, 0.1) is 11.4 Å². The van der Waals surface area contributed by atoms with E-state index in [4.69, 9.17) is 11.5 Å². The van der Waals surface area contributed by atoms with Crippen LogP contribution in [0.25, 0.3) is 11.0 Å². The van der Waals surface area contributed by atoms with Crippen LogP contribution in [0.2, 0.25) is 0 Å². The van der Waals surface area contributed by atoms with E-state index in [9.17, 15) is 0 Å². The molecule has 0 saturated heterocycles. The summed E-state index contributed by atoms with van der Waals surface area (Å²) >= 11 is 0. The van der Waals surface area contributed by atoms with E-state index in [0.29, 0.717) is 22.8 Å². The second kappa shape index (κ2) is 6.40. The van der Waals surface area contributed by atoms with Gasteiger partial charge in [-0.2, -0.15) is 15.0 Å². The predicted octanol–water partition coefficient (Wildman–Crippen LogP) is 2.66. The molecular formula is C19H23N7. The van der Waals surface area contributed by atoms with Gasteiger partial charge in [-0.15, -0.1) is 0 Å². The molecule has 0 saturated carbocycles. The van der Waals surface area contributed by atoms with Crippen molar-refractivity contribution in [2.24, 2.45) is 0 Å². The van der Waals surface area contributed by atoms with Crippen molar-refractivity contribution in [1.29, 1.82) is 0 Å². The minimum atomic E-state index is 0.116. The normalized spacial score (nSPS) is 14.8. The third kappa shape index (κ3) is 2.89. The van der Waals surface area contributed by atoms with E-state index < -0.39 is 0 Å². The fourth-order valence-electron chi connectivity index (χ4n) is 3.53. The van der Waals surface area contributed by atoms with Gasteiger partial charge in [0.1, 0.15) is 5.82 Å². The van der Waals surface area contributed by atoms with Gasteiger partial charge in [0, 0.05) is 13.2 Å². The summed E-state index contributed by atoms with van der Waals surface area (Å²) in [5, 5.41) is 0.609. The zero-order valence-electron chi connectivity index (χ0n) is 15.1. The summed E-state index contributed by atoms with van der Waals surface area (Å²) in [6.45, 7) is 2.15. The smallest absolute Gasteiger partial charge is 0.227 e. The highest BCUT2D eigenvalue weighted by atomic mass is 15.3. The summed E-state index contributed by atoms with van der Waals surface area (Å²) in [6.07, 6.45) is 6.58. The highest BCUT2D eigenvalue weighted by Gasteiger charge is 2.18. The molecule has 1 aliphatic rings. The molecule has 0 fully saturated rings. The minimum absolute atomic E-state index is 0.116. The van der Waals surface area contributed by atoms with E-state index >= 15 is 0 Å². The van der Waals surface area contributed by atoms with Gasteiger partial charge in [0.25, 0.3) is 0 Å². The Balaban J connectivity index is 1.66. The molecule has 0 unspecified atom stereocenters. The van der Waals surface area contributed by atoms with Gasteiger partial charge >= 0.3 is 0 Å². The monoisotopic (exact) mass is 349 g/mol. The third-order valence-electron chi connectivity index (χ3n) is 5.24. The van der Waals surface area contributed by atoms with Gasteiger partial charge in [0.15, 0.2) is 5.65 Å². The van der Waals surface area contributed by atoms with Crippen LogP contribution in [0.4, 0.5) is 17.7 Å². The summed E-state index contributed by atoms with van der Waals surface area (Å²) in [7, 11) is 1.99. The van der Waals surface area contributed by atoms with Crippen LogP contribution < -0.4 is 16.4 Å². The van der Waals surface area contributed by atoms with E-state index in [1.54, 1.807) is 6.20 Å². The first-order valence-corrected chi connectivity index (χ1v) is 8.93. The lowest BCUT2D eigenvalue weighted by atomic mass is 9.89. The number of aromatic nitrogens is 4. The van der Waals surface area contributed by atoms with Crippen molar-refractivity contribution in [1.82, 2.24) is 19.9 Å². The van der Waals surface area contributed by atoms with E-state index in [2.05, 4.69) is 45.1 Å². The number of anilines is 3. The van der Waals surface area contributed by atoms with Gasteiger partial charge < -0.3 is 16.4 Å². The average Bonchev–Trinajstić information content (AvgIpc) is 2.65. The van der Waals surface area contributed by atoms with E-state index in [1.165, 1.54) is 42.4 Å². The Bertz CT molecular complexity index is 970. The van der Waals surface area contributed by atoms with Gasteiger partial charge in [-0.3, -0.25) is 0 Å². The molecule has 0 amide bonds. The number of nitrogen functional groups attached to an aromatic ring is 2. The molecule has 4 N–H and O–H groups in total. The van der Waals surface area contributed by atoms with Crippen LogP contribution in [-0.4, -0.2) is 27.0 Å². The maximum Gasteiger partial charge on any atom is 0.227 e. The Morgan fingerprint density at radius 2 is 1.81 bits per heavy atom. The van der Waals surface area contributed by atoms with Crippen LogP contribution in [0.1, 0.15) is 42.5 Å². The third-order valence-corrected chi connectivity index (χ3v) is 5.24. The largest absolute Gasteiger partial charge is 0.383 e. The lowest BCUT2D eigenvalue weighted by molar-refractivity contribution is 0.675. The number of nitrogens with two attached hydrogens (primary N) is 2. The lowest BCUT2D eigenvalue weighted by Gasteiger charge is -2.27. The number of fused-ring (bicyclic) bond motifs is 2. The molecule has 0 bridgehead atoms. The van der Waals surface area contributed by atoms with Crippen LogP contribution >= 0.6 is 0 Å². The quantitative estimate of drug-likeness (QED) is 0.748. The van der Waals surface area contributed by atoms with Crippen molar-refractivity contribution < 1.29 is 0 Å². The van der Waals surface area contributed by atoms with Crippen molar-refractivity contribution >= 4 is 28.7 Å². The standard InChI is InChI=1S/C19H23N7/c1-11(13-8-7-12-5-3-4-6-14(12)9-13)26(2)19-22-10-15-16(20)23-18(21)24-17(15)25-19/h7-11H,3-6H2,1-2H3,(H4,20,21,22,23,24,25)/t11-/m1/s1. The number of rotatable bonds is 3. The summed E-state index contributed by atoms with van der Waals surface area (Å²) in [4.78, 5) is 19.1. The molecule has 2 heterocycles. The molecule has 2 aromatic heterocycles. The molecule has 3 aromatic rings. The Morgan fingerprint density at radius 1 is 1.04 bits per heavy atom. The minimum Gasteiger partial charge on any atom is -0.383 e. The molecule has 4 rings (SSSR count). The van der Waals surface area contributed by atoms with Crippen LogP contribution in [0.5, 0.6) is 0 Å². The number of aryl methyl sites for hydroxylation is 2. The second-order valence-electron chi connectivity index (χ2n) is 6.90. The number of benzene rings is 1. The Labute approximate surface area is 152 Å². The molecular weight excluding hydrogens is 326 g/mol. The van der Waals surface area contributed by atoms with Crippen molar-refractivity contribution in [2.45, 2.75) is 38.6 Å². The maximum absolute atomic E-state index is 5.87. The highest BCUT2D eigenvalue weighted by molar-refractivity contribution is 5.85. The highest BCUT2D eigenvalue weighted by Crippen LogP contribution is 2.29. The number of nitrogens with zero attached hydrogens (tertiary/aromatic N) is 5. The Kier molecular flexibility index (Phi) is 4.06. The average molecular weight is 349 g/mol. The van der Waals surface area contributed by atoms with Crippen molar-refractivity contribution in [3.05, 3.63) is 41.1 Å². The summed E-state index contributed by atoms with van der Waals surface area (Å²) in [6, 6.07) is 6.94. The molecule has 134 valence electrons. The van der Waals surface area contributed by atoms with Crippen LogP contribution in [0, 0.1) is 0 Å². The molecule has 1 aromatic carbocycles. The van der Waals surface area contributed by atoms with E-state index in [0.717, 1.165) is 0 Å². The number of hydrogen-bond donors (Lipinski definition) is 2. The van der Waals surface area contributed by atoms with Crippen LogP contribution in [0.3, 0.4) is 0 Å². The van der Waals surface area contributed by atoms with Gasteiger partial charge in [-0.1, -0.05) is 18.2 Å². The first kappa shape index (κ1) is 16.5. The zero-order valence-corrected chi connectivity index (χ0v) is 15.1. The molecule has 0 aliphatic heterocycles. The molecule has 7 nitrogen and oxygen atoms in total. The molecule has 26 heavy (non-hydrogen) atoms. The Morgan fingerprint density at radius 3 is 2.62 bits per heavy atom. The van der Waals surface area contributed by atoms with Crippen molar-refractivity contribution in [2.75, 3.05) is 23.4 Å². The van der Waals surface area contributed by atoms with Gasteiger partial charge in [0.2, 0.25) is 11.9 Å². The van der Waals surface area contributed by atoms with Crippen LogP contribution in [0.15, 0.2) is 24.4 Å². The van der Waals surface area contributed by atoms with E-state index in [1.807, 2.05) is 11.9 Å². The van der Waals surface area contributed by atoms with Crippen LogP contribution in [-0.2, 0) is 12.8 Å². The summed E-state index contributed by atoms with van der Waals surface area (Å²) < 4.78 is 0. The SMILES string of the molecule is C[C@H](c1ccc2c(c1)CCCC2)N(C)c1ncc2c(N)nc(N)nc2n1. The fourth-order valence-corrected chi connectivity index (χ4v) is 3.53. The maximum atomic E-state index is 5.87.